The maximum atomic E-state index is 13.6. The minimum Gasteiger partial charge on any atom is -0.481 e. The van der Waals surface area contributed by atoms with Gasteiger partial charge >= 0.3 is 12.0 Å². The smallest absolute Gasteiger partial charge is 0.319 e. The van der Waals surface area contributed by atoms with Gasteiger partial charge in [0.1, 0.15) is 11.6 Å². The van der Waals surface area contributed by atoms with Gasteiger partial charge in [-0.1, -0.05) is 0 Å². The lowest BCUT2D eigenvalue weighted by atomic mass is 9.74. The molecule has 2 rings (SSSR count). The van der Waals surface area contributed by atoms with Gasteiger partial charge in [0.15, 0.2) is 0 Å². The van der Waals surface area contributed by atoms with Gasteiger partial charge in [0, 0.05) is 6.07 Å². The van der Waals surface area contributed by atoms with Crippen LogP contribution in [0.1, 0.15) is 25.7 Å². The molecule has 0 spiro atoms. The van der Waals surface area contributed by atoms with E-state index in [9.17, 15) is 18.4 Å². The van der Waals surface area contributed by atoms with Crippen molar-refractivity contribution in [3.8, 4) is 0 Å². The van der Waals surface area contributed by atoms with Gasteiger partial charge in [-0.05, 0) is 41.3 Å². The van der Waals surface area contributed by atoms with Gasteiger partial charge < -0.3 is 15.7 Å². The lowest BCUT2D eigenvalue weighted by Gasteiger charge is -2.41. The summed E-state index contributed by atoms with van der Waals surface area (Å²) < 4.78 is 26.9. The molecule has 3 N–H and O–H groups in total. The number of amides is 2. The van der Waals surface area contributed by atoms with Gasteiger partial charge in [-0.15, -0.1) is 0 Å². The Kier molecular flexibility index (Phi) is 4.46. The van der Waals surface area contributed by atoms with E-state index < -0.39 is 29.2 Å². The Morgan fingerprint density at radius 2 is 1.95 bits per heavy atom. The Balaban J connectivity index is 2.05. The molecule has 0 unspecified atom stereocenters. The lowest BCUT2D eigenvalue weighted by molar-refractivity contribution is -0.139. The summed E-state index contributed by atoms with van der Waals surface area (Å²) in [5, 5.41) is 13.6. The monoisotopic (exact) mass is 362 g/mol. The number of benzene rings is 1. The molecule has 0 heterocycles. The fourth-order valence-corrected chi connectivity index (χ4v) is 2.57. The maximum absolute atomic E-state index is 13.6. The number of nitrogens with one attached hydrogen (secondary N) is 2. The number of anilines is 1. The van der Waals surface area contributed by atoms with Crippen LogP contribution in [0.15, 0.2) is 16.6 Å². The standard InChI is InChI=1S/C13H13BrF2N2O3/c14-7-4-9(16)10(5-8(7)15)17-12(21)18-13(2-1-3-13)6-11(19)20/h4-5H,1-3,6H2,(H,19,20)(H2,17,18,21). The first-order valence-electron chi connectivity index (χ1n) is 6.27. The molecule has 1 saturated carbocycles. The van der Waals surface area contributed by atoms with Crippen molar-refractivity contribution >= 4 is 33.6 Å². The van der Waals surface area contributed by atoms with E-state index in [1.54, 1.807) is 0 Å². The molecule has 1 aromatic rings. The summed E-state index contributed by atoms with van der Waals surface area (Å²) in [4.78, 5) is 22.6. The molecule has 1 fully saturated rings. The molecule has 21 heavy (non-hydrogen) atoms. The SMILES string of the molecule is O=C(O)CC1(NC(=O)Nc2cc(F)c(Br)cc2F)CCC1. The van der Waals surface area contributed by atoms with Crippen LogP contribution in [0.5, 0.6) is 0 Å². The molecule has 0 bridgehead atoms. The molecule has 114 valence electrons. The quantitative estimate of drug-likeness (QED) is 0.719. The number of rotatable bonds is 4. The largest absolute Gasteiger partial charge is 0.481 e. The number of aliphatic carboxylic acids is 1. The Hall–Kier alpha value is -1.70. The maximum Gasteiger partial charge on any atom is 0.319 e. The fourth-order valence-electron chi connectivity index (χ4n) is 2.25. The zero-order chi connectivity index (χ0) is 15.6. The second-order valence-corrected chi connectivity index (χ2v) is 5.88. The first kappa shape index (κ1) is 15.7. The first-order chi connectivity index (χ1) is 9.81. The van der Waals surface area contributed by atoms with Crippen LogP contribution in [-0.2, 0) is 4.79 Å². The van der Waals surface area contributed by atoms with E-state index in [0.29, 0.717) is 12.8 Å². The number of carboxylic acids is 1. The molecule has 0 radical (unpaired) electrons. The Morgan fingerprint density at radius 3 is 2.48 bits per heavy atom. The minimum atomic E-state index is -1.02. The third-order valence-corrected chi connectivity index (χ3v) is 4.04. The van der Waals surface area contributed by atoms with Crippen LogP contribution in [0.3, 0.4) is 0 Å². The zero-order valence-corrected chi connectivity index (χ0v) is 12.5. The molecule has 0 atom stereocenters. The van der Waals surface area contributed by atoms with Crippen LogP contribution in [-0.4, -0.2) is 22.6 Å². The van der Waals surface area contributed by atoms with Crippen molar-refractivity contribution in [1.82, 2.24) is 5.32 Å². The molecule has 8 heteroatoms. The second-order valence-electron chi connectivity index (χ2n) is 5.03. The molecule has 1 aliphatic carbocycles. The minimum absolute atomic E-state index is 0.0488. The molecule has 0 aliphatic heterocycles. The predicted molar refractivity (Wildman–Crippen MR) is 75.0 cm³/mol. The van der Waals surface area contributed by atoms with Gasteiger partial charge in [0.25, 0.3) is 0 Å². The highest BCUT2D eigenvalue weighted by Crippen LogP contribution is 2.35. The van der Waals surface area contributed by atoms with Gasteiger partial charge in [0.2, 0.25) is 0 Å². The Morgan fingerprint density at radius 1 is 1.29 bits per heavy atom. The van der Waals surface area contributed by atoms with Gasteiger partial charge in [0.05, 0.1) is 22.1 Å². The Bertz CT molecular complexity index is 591. The van der Waals surface area contributed by atoms with Crippen molar-refractivity contribution in [1.29, 1.82) is 0 Å². The number of hydrogen-bond acceptors (Lipinski definition) is 2. The Labute approximate surface area is 127 Å². The molecular weight excluding hydrogens is 350 g/mol. The molecule has 0 aromatic heterocycles. The number of carboxylic acid groups (broad SMARTS) is 1. The highest BCUT2D eigenvalue weighted by Gasteiger charge is 2.40. The first-order valence-corrected chi connectivity index (χ1v) is 7.06. The van der Waals surface area contributed by atoms with Gasteiger partial charge in [-0.2, -0.15) is 0 Å². The average molecular weight is 363 g/mol. The summed E-state index contributed by atoms with van der Waals surface area (Å²) >= 11 is 2.83. The van der Waals surface area contributed by atoms with Crippen molar-refractivity contribution in [2.45, 2.75) is 31.2 Å². The zero-order valence-electron chi connectivity index (χ0n) is 10.9. The summed E-state index contributed by atoms with van der Waals surface area (Å²) in [7, 11) is 0. The number of halogens is 3. The second kappa shape index (κ2) is 5.97. The van der Waals surface area contributed by atoms with Gasteiger partial charge in [-0.25, -0.2) is 13.6 Å². The van der Waals surface area contributed by atoms with E-state index in [1.807, 2.05) is 0 Å². The summed E-state index contributed by atoms with van der Waals surface area (Å²) in [5.41, 5.74) is -1.11. The van der Waals surface area contributed by atoms with Crippen LogP contribution in [0.2, 0.25) is 0 Å². The molecule has 1 aromatic carbocycles. The average Bonchev–Trinajstić information content (AvgIpc) is 2.32. The van der Waals surface area contributed by atoms with E-state index in [4.69, 9.17) is 5.11 Å². The molecule has 0 saturated heterocycles. The van der Waals surface area contributed by atoms with Crippen LogP contribution in [0.25, 0.3) is 0 Å². The number of carbonyl (C=O) groups excluding carboxylic acids is 1. The summed E-state index contributed by atoms with van der Waals surface area (Å²) in [5.74, 6) is -2.52. The van der Waals surface area contributed by atoms with E-state index in [0.717, 1.165) is 18.6 Å². The molecule has 5 nitrogen and oxygen atoms in total. The molecular formula is C13H13BrF2N2O3. The number of hydrogen-bond donors (Lipinski definition) is 3. The molecule has 2 amide bonds. The highest BCUT2D eigenvalue weighted by atomic mass is 79.9. The van der Waals surface area contributed by atoms with E-state index in [-0.39, 0.29) is 16.6 Å². The van der Waals surface area contributed by atoms with Crippen molar-refractivity contribution in [3.63, 3.8) is 0 Å². The lowest BCUT2D eigenvalue weighted by Crippen LogP contribution is -2.55. The van der Waals surface area contributed by atoms with Crippen molar-refractivity contribution in [3.05, 3.63) is 28.2 Å². The van der Waals surface area contributed by atoms with Crippen molar-refractivity contribution in [2.75, 3.05) is 5.32 Å². The van der Waals surface area contributed by atoms with Gasteiger partial charge in [-0.3, -0.25) is 4.79 Å². The predicted octanol–water partition coefficient (Wildman–Crippen LogP) is 3.25. The fraction of sp³-hybridized carbons (Fsp3) is 0.385. The van der Waals surface area contributed by atoms with Crippen LogP contribution in [0, 0.1) is 11.6 Å². The van der Waals surface area contributed by atoms with Crippen LogP contribution < -0.4 is 10.6 Å². The van der Waals surface area contributed by atoms with Crippen LogP contribution in [0.4, 0.5) is 19.3 Å². The topological polar surface area (TPSA) is 78.4 Å². The normalized spacial score (nSPS) is 16.0. The summed E-state index contributed by atoms with van der Waals surface area (Å²) in [6.45, 7) is 0. The third kappa shape index (κ3) is 3.69. The third-order valence-electron chi connectivity index (χ3n) is 3.44. The summed E-state index contributed by atoms with van der Waals surface area (Å²) in [6, 6.07) is 1.00. The highest BCUT2D eigenvalue weighted by molar-refractivity contribution is 9.10. The van der Waals surface area contributed by atoms with E-state index in [2.05, 4.69) is 26.6 Å². The number of carbonyl (C=O) groups is 2. The van der Waals surface area contributed by atoms with Crippen LogP contribution >= 0.6 is 15.9 Å². The molecule has 1 aliphatic rings. The summed E-state index contributed by atoms with van der Waals surface area (Å²) in [6.07, 6.45) is 1.71. The van der Waals surface area contributed by atoms with E-state index >= 15 is 0 Å². The number of urea groups is 1. The van der Waals surface area contributed by atoms with E-state index in [1.165, 1.54) is 0 Å². The van der Waals surface area contributed by atoms with Crippen molar-refractivity contribution < 1.29 is 23.5 Å². The van der Waals surface area contributed by atoms with Crippen molar-refractivity contribution in [2.24, 2.45) is 0 Å².